The van der Waals surface area contributed by atoms with E-state index in [1.54, 1.807) is 27.7 Å². The van der Waals surface area contributed by atoms with Crippen LogP contribution < -0.4 is 10.6 Å². The Balaban J connectivity index is 1.75. The number of carbonyl (C=O) groups is 3. The first-order valence-corrected chi connectivity index (χ1v) is 12.3. The van der Waals surface area contributed by atoms with Crippen molar-refractivity contribution in [2.75, 3.05) is 24.4 Å². The molecule has 0 aliphatic heterocycles. The molecule has 0 spiro atoms. The number of aromatic nitrogens is 2. The van der Waals surface area contributed by atoms with E-state index >= 15 is 0 Å². The maximum absolute atomic E-state index is 13.3. The number of hydrogen-bond donors (Lipinski definition) is 2. The van der Waals surface area contributed by atoms with E-state index in [1.165, 1.54) is 30.3 Å². The summed E-state index contributed by atoms with van der Waals surface area (Å²) in [5, 5.41) is 5.03. The van der Waals surface area contributed by atoms with Gasteiger partial charge in [0, 0.05) is 13.3 Å². The Labute approximate surface area is 224 Å². The lowest BCUT2D eigenvalue weighted by molar-refractivity contribution is -0.146. The average Bonchev–Trinajstić information content (AvgIpc) is 3.66. The van der Waals surface area contributed by atoms with Crippen molar-refractivity contribution < 1.29 is 37.0 Å². The zero-order valence-corrected chi connectivity index (χ0v) is 22.4. The summed E-state index contributed by atoms with van der Waals surface area (Å²) in [4.78, 5) is 47.6. The van der Waals surface area contributed by atoms with Gasteiger partial charge in [-0.05, 0) is 70.2 Å². The van der Waals surface area contributed by atoms with Crippen LogP contribution in [0.2, 0.25) is 0 Å². The van der Waals surface area contributed by atoms with Gasteiger partial charge in [0.25, 0.3) is 0 Å². The van der Waals surface area contributed by atoms with E-state index in [-0.39, 0.29) is 36.3 Å². The summed E-state index contributed by atoms with van der Waals surface area (Å²) in [6.07, 6.45) is -1.61. The van der Waals surface area contributed by atoms with Crippen LogP contribution in [-0.2, 0) is 31.8 Å². The molecule has 1 aliphatic carbocycles. The Hall–Kier alpha value is -3.74. The molecule has 2 N–H and O–H groups in total. The van der Waals surface area contributed by atoms with E-state index in [0.717, 1.165) is 18.9 Å². The topological polar surface area (TPSA) is 123 Å². The second kappa shape index (κ2) is 12.0. The quantitative estimate of drug-likeness (QED) is 0.462. The van der Waals surface area contributed by atoms with Gasteiger partial charge >= 0.3 is 24.1 Å². The number of nitrogens with zero attached hydrogens (tertiary/aromatic N) is 3. The molecule has 0 radical (unpaired) electrons. The van der Waals surface area contributed by atoms with Crippen molar-refractivity contribution >= 4 is 29.4 Å². The summed E-state index contributed by atoms with van der Waals surface area (Å²) in [5.74, 6) is -1.53. The van der Waals surface area contributed by atoms with Gasteiger partial charge in [0.1, 0.15) is 11.4 Å². The van der Waals surface area contributed by atoms with Crippen molar-refractivity contribution in [3.05, 3.63) is 47.4 Å². The molecular formula is C26H32F3N5O5. The Kier molecular flexibility index (Phi) is 9.15. The molecule has 1 atom stereocenters. The van der Waals surface area contributed by atoms with Crippen LogP contribution in [0.3, 0.4) is 0 Å². The van der Waals surface area contributed by atoms with E-state index in [4.69, 9.17) is 9.47 Å². The van der Waals surface area contributed by atoms with Crippen molar-refractivity contribution in [1.82, 2.24) is 14.9 Å². The summed E-state index contributed by atoms with van der Waals surface area (Å²) in [5.41, 5.74) is -0.698. The lowest BCUT2D eigenvalue weighted by Gasteiger charge is -2.31. The number of halogens is 3. The Morgan fingerprint density at radius 3 is 2.31 bits per heavy atom. The summed E-state index contributed by atoms with van der Waals surface area (Å²) in [7, 11) is 1.47. The highest BCUT2D eigenvalue weighted by molar-refractivity contribution is 6.39. The average molecular weight is 552 g/mol. The number of ether oxygens (including phenoxy) is 2. The van der Waals surface area contributed by atoms with Crippen LogP contribution in [0.5, 0.6) is 0 Å². The molecule has 0 unspecified atom stereocenters. The zero-order valence-electron chi connectivity index (χ0n) is 22.4. The van der Waals surface area contributed by atoms with Gasteiger partial charge in [0.15, 0.2) is 0 Å². The molecule has 3 rings (SSSR count). The number of anilines is 2. The predicted molar refractivity (Wildman–Crippen MR) is 136 cm³/mol. The first kappa shape index (κ1) is 29.8. The van der Waals surface area contributed by atoms with E-state index in [9.17, 15) is 27.6 Å². The highest BCUT2D eigenvalue weighted by atomic mass is 19.4. The van der Waals surface area contributed by atoms with Gasteiger partial charge in [-0.15, -0.1) is 0 Å². The van der Waals surface area contributed by atoms with Gasteiger partial charge in [-0.1, -0.05) is 0 Å². The molecule has 2 aromatic rings. The number of amides is 3. The molecule has 0 saturated heterocycles. The maximum Gasteiger partial charge on any atom is 0.417 e. The van der Waals surface area contributed by atoms with Crippen LogP contribution in [0, 0.1) is 12.8 Å². The zero-order chi connectivity index (χ0) is 29.0. The molecule has 13 heteroatoms. The highest BCUT2D eigenvalue weighted by Crippen LogP contribution is 2.36. The van der Waals surface area contributed by atoms with Crippen LogP contribution in [0.15, 0.2) is 30.6 Å². The SMILES string of the molecule is COC[C@@H](C1CC1)N(Cc1ccc(C(F)(F)F)cn1)C(=O)C(=O)Nc1cnc(NC(=O)OC(C)(C)C)c(C)c1. The van der Waals surface area contributed by atoms with Gasteiger partial charge in [-0.25, -0.2) is 9.78 Å². The molecular weight excluding hydrogens is 519 g/mol. The first-order chi connectivity index (χ1) is 18.2. The molecule has 2 aromatic heterocycles. The first-order valence-electron chi connectivity index (χ1n) is 12.3. The number of nitrogens with one attached hydrogen (secondary N) is 2. The van der Waals surface area contributed by atoms with Crippen LogP contribution in [0.1, 0.15) is 50.4 Å². The number of aryl methyl sites for hydroxylation is 1. The molecule has 3 amide bonds. The Bertz CT molecular complexity index is 1190. The standard InChI is InChI=1S/C26H32F3N5O5/c1-15-10-19(12-31-21(15)33-24(37)39-25(2,3)4)32-22(35)23(36)34(20(14-38-5)16-6-7-16)13-18-9-8-17(11-30-18)26(27,28)29/h8-12,16,20H,6-7,13-14H2,1-5H3,(H,32,35)(H,31,33,37)/t20-/m0/s1. The van der Waals surface area contributed by atoms with Crippen molar-refractivity contribution in [2.24, 2.45) is 5.92 Å². The fourth-order valence-electron chi connectivity index (χ4n) is 3.82. The Morgan fingerprint density at radius 2 is 1.79 bits per heavy atom. The molecule has 1 fully saturated rings. The molecule has 212 valence electrons. The van der Waals surface area contributed by atoms with Crippen molar-refractivity contribution in [2.45, 2.75) is 64.9 Å². The second-order valence-electron chi connectivity index (χ2n) is 10.3. The third-order valence-electron chi connectivity index (χ3n) is 5.80. The summed E-state index contributed by atoms with van der Waals surface area (Å²) in [6.45, 7) is 6.79. The van der Waals surface area contributed by atoms with Crippen LogP contribution >= 0.6 is 0 Å². The maximum atomic E-state index is 13.3. The number of pyridine rings is 2. The molecule has 0 aromatic carbocycles. The molecule has 0 bridgehead atoms. The molecule has 1 saturated carbocycles. The lowest BCUT2D eigenvalue weighted by atomic mass is 10.1. The van der Waals surface area contributed by atoms with Crippen LogP contribution in [0.25, 0.3) is 0 Å². The van der Waals surface area contributed by atoms with Gasteiger partial charge < -0.3 is 19.7 Å². The van der Waals surface area contributed by atoms with E-state index in [1.807, 2.05) is 0 Å². The monoisotopic (exact) mass is 551 g/mol. The smallest absolute Gasteiger partial charge is 0.417 e. The molecule has 2 heterocycles. The summed E-state index contributed by atoms with van der Waals surface area (Å²) < 4.78 is 49.3. The largest absolute Gasteiger partial charge is 0.444 e. The molecule has 10 nitrogen and oxygen atoms in total. The number of methoxy groups -OCH3 is 1. The predicted octanol–water partition coefficient (Wildman–Crippen LogP) is 4.54. The van der Waals surface area contributed by atoms with Crippen molar-refractivity contribution in [3.8, 4) is 0 Å². The second-order valence-corrected chi connectivity index (χ2v) is 10.3. The minimum absolute atomic E-state index is 0.0956. The van der Waals surface area contributed by atoms with Gasteiger partial charge in [0.05, 0.1) is 42.3 Å². The minimum Gasteiger partial charge on any atom is -0.444 e. The van der Waals surface area contributed by atoms with Crippen LogP contribution in [0.4, 0.5) is 29.5 Å². The van der Waals surface area contributed by atoms with E-state index in [2.05, 4.69) is 20.6 Å². The fourth-order valence-corrected chi connectivity index (χ4v) is 3.82. The van der Waals surface area contributed by atoms with E-state index in [0.29, 0.717) is 11.8 Å². The number of carbonyl (C=O) groups excluding carboxylic acids is 3. The normalized spacial score (nSPS) is 14.4. The summed E-state index contributed by atoms with van der Waals surface area (Å²) >= 11 is 0. The van der Waals surface area contributed by atoms with Crippen LogP contribution in [-0.4, -0.2) is 58.1 Å². The fraction of sp³-hybridized carbons (Fsp3) is 0.500. The minimum atomic E-state index is -4.54. The van der Waals surface area contributed by atoms with Crippen molar-refractivity contribution in [1.29, 1.82) is 0 Å². The summed E-state index contributed by atoms with van der Waals surface area (Å²) in [6, 6.07) is 3.13. The highest BCUT2D eigenvalue weighted by Gasteiger charge is 2.40. The molecule has 1 aliphatic rings. The third-order valence-corrected chi connectivity index (χ3v) is 5.80. The number of hydrogen-bond acceptors (Lipinski definition) is 7. The lowest BCUT2D eigenvalue weighted by Crippen LogP contribution is -2.48. The Morgan fingerprint density at radius 1 is 1.10 bits per heavy atom. The van der Waals surface area contributed by atoms with Gasteiger partial charge in [-0.2, -0.15) is 13.2 Å². The third kappa shape index (κ3) is 8.63. The number of rotatable bonds is 8. The van der Waals surface area contributed by atoms with E-state index < -0.39 is 41.3 Å². The number of alkyl halides is 3. The van der Waals surface area contributed by atoms with Crippen molar-refractivity contribution in [3.63, 3.8) is 0 Å². The molecule has 39 heavy (non-hydrogen) atoms. The van der Waals surface area contributed by atoms with Gasteiger partial charge in [0.2, 0.25) is 0 Å². The van der Waals surface area contributed by atoms with Gasteiger partial charge in [-0.3, -0.25) is 19.9 Å².